The molecule has 0 saturated carbocycles. The molecule has 1 aromatic carbocycles. The topological polar surface area (TPSA) is 66.4 Å². The van der Waals surface area contributed by atoms with E-state index in [1.165, 1.54) is 35.6 Å². The van der Waals surface area contributed by atoms with E-state index >= 15 is 0 Å². The number of aliphatic carboxylic acids is 1. The lowest BCUT2D eigenvalue weighted by Crippen LogP contribution is -2.42. The number of halogens is 1. The summed E-state index contributed by atoms with van der Waals surface area (Å²) in [7, 11) is 0. The second-order valence-corrected chi connectivity index (χ2v) is 6.70. The summed E-state index contributed by atoms with van der Waals surface area (Å²) in [6.07, 6.45) is 0. The van der Waals surface area contributed by atoms with Crippen LogP contribution in [-0.4, -0.2) is 23.5 Å². The van der Waals surface area contributed by atoms with Gasteiger partial charge in [0.15, 0.2) is 0 Å². The molecular weight excluding hydrogens is 317 g/mol. The zero-order valence-corrected chi connectivity index (χ0v) is 13.7. The van der Waals surface area contributed by atoms with Crippen LogP contribution in [0.15, 0.2) is 41.8 Å². The molecule has 1 heterocycles. The first kappa shape index (κ1) is 17.1. The minimum Gasteiger partial charge on any atom is -0.481 e. The van der Waals surface area contributed by atoms with Gasteiger partial charge in [-0.15, -0.1) is 11.3 Å². The average Bonchev–Trinajstić information content (AvgIpc) is 3.03. The monoisotopic (exact) mass is 335 g/mol. The smallest absolute Gasteiger partial charge is 0.312 e. The van der Waals surface area contributed by atoms with Gasteiger partial charge in [0, 0.05) is 11.4 Å². The Kier molecular flexibility index (Phi) is 5.15. The lowest BCUT2D eigenvalue weighted by molar-refractivity contribution is -0.138. The number of carbonyl (C=O) groups is 2. The van der Waals surface area contributed by atoms with Crippen LogP contribution in [0.4, 0.5) is 4.39 Å². The molecule has 0 aliphatic heterocycles. The highest BCUT2D eigenvalue weighted by Crippen LogP contribution is 2.28. The number of carboxylic acid groups (broad SMARTS) is 1. The predicted molar refractivity (Wildman–Crippen MR) is 87.1 cm³/mol. The summed E-state index contributed by atoms with van der Waals surface area (Å²) in [6, 6.07) is 9.01. The molecule has 2 N–H and O–H groups in total. The largest absolute Gasteiger partial charge is 0.481 e. The fourth-order valence-corrected chi connectivity index (χ4v) is 3.05. The first-order chi connectivity index (χ1) is 10.8. The van der Waals surface area contributed by atoms with E-state index in [9.17, 15) is 19.1 Å². The van der Waals surface area contributed by atoms with Crippen LogP contribution in [0.1, 0.15) is 30.2 Å². The van der Waals surface area contributed by atoms with E-state index in [0.717, 1.165) is 4.88 Å². The quantitative estimate of drug-likeness (QED) is 0.852. The van der Waals surface area contributed by atoms with Crippen molar-refractivity contribution in [3.05, 3.63) is 58.0 Å². The van der Waals surface area contributed by atoms with Gasteiger partial charge in [-0.2, -0.15) is 0 Å². The molecule has 1 aromatic heterocycles. The molecule has 0 radical (unpaired) electrons. The predicted octanol–water partition coefficient (Wildman–Crippen LogP) is 3.15. The summed E-state index contributed by atoms with van der Waals surface area (Å²) < 4.78 is 13.0. The summed E-state index contributed by atoms with van der Waals surface area (Å²) in [5.74, 6) is -2.65. The summed E-state index contributed by atoms with van der Waals surface area (Å²) in [5, 5.41) is 13.9. The zero-order chi connectivity index (χ0) is 17.0. The number of carbonyl (C=O) groups excluding carboxylic acids is 1. The fraction of sp³-hybridized carbons (Fsp3) is 0.294. The molecule has 0 aliphatic rings. The molecule has 1 unspecified atom stereocenters. The van der Waals surface area contributed by atoms with E-state index in [-0.39, 0.29) is 12.5 Å². The molecule has 2 rings (SSSR count). The Bertz CT molecular complexity index is 680. The number of rotatable bonds is 6. The minimum absolute atomic E-state index is 0.0470. The van der Waals surface area contributed by atoms with Crippen molar-refractivity contribution in [3.63, 3.8) is 0 Å². The van der Waals surface area contributed by atoms with Gasteiger partial charge in [-0.05, 0) is 43.0 Å². The van der Waals surface area contributed by atoms with Crippen LogP contribution < -0.4 is 5.32 Å². The lowest BCUT2D eigenvalue weighted by Gasteiger charge is -2.23. The third kappa shape index (κ3) is 3.96. The van der Waals surface area contributed by atoms with Crippen LogP contribution in [0, 0.1) is 5.82 Å². The van der Waals surface area contributed by atoms with Crippen LogP contribution in [0.3, 0.4) is 0 Å². The summed E-state index contributed by atoms with van der Waals surface area (Å²) >= 11 is 1.48. The van der Waals surface area contributed by atoms with E-state index in [2.05, 4.69) is 5.32 Å². The maximum absolute atomic E-state index is 13.0. The van der Waals surface area contributed by atoms with Crippen LogP contribution in [0.2, 0.25) is 0 Å². The van der Waals surface area contributed by atoms with Crippen LogP contribution in [0.5, 0.6) is 0 Å². The molecule has 23 heavy (non-hydrogen) atoms. The van der Waals surface area contributed by atoms with Gasteiger partial charge < -0.3 is 10.4 Å². The summed E-state index contributed by atoms with van der Waals surface area (Å²) in [6.45, 7) is 3.54. The molecule has 1 atom stereocenters. The standard InChI is InChI=1S/C17H18FNO3S/c1-17(2,14-4-3-9-23-14)16(22)19-10-13(15(20)21)11-5-7-12(18)8-6-11/h3-9,13H,10H2,1-2H3,(H,19,22)(H,20,21). The van der Waals surface area contributed by atoms with E-state index in [1.807, 2.05) is 17.5 Å². The van der Waals surface area contributed by atoms with Crippen molar-refractivity contribution in [1.29, 1.82) is 0 Å². The number of hydrogen-bond acceptors (Lipinski definition) is 3. The van der Waals surface area contributed by atoms with Crippen molar-refractivity contribution in [1.82, 2.24) is 5.32 Å². The number of hydrogen-bond donors (Lipinski definition) is 2. The normalized spacial score (nSPS) is 12.7. The molecule has 6 heteroatoms. The van der Waals surface area contributed by atoms with Gasteiger partial charge in [0.2, 0.25) is 5.91 Å². The highest BCUT2D eigenvalue weighted by molar-refractivity contribution is 7.10. The SMILES string of the molecule is CC(C)(C(=O)NCC(C(=O)O)c1ccc(F)cc1)c1cccs1. The van der Waals surface area contributed by atoms with Crippen LogP contribution >= 0.6 is 11.3 Å². The van der Waals surface area contributed by atoms with Gasteiger partial charge >= 0.3 is 5.97 Å². The van der Waals surface area contributed by atoms with E-state index in [4.69, 9.17) is 0 Å². The number of carboxylic acids is 1. The lowest BCUT2D eigenvalue weighted by atomic mass is 9.90. The van der Waals surface area contributed by atoms with Gasteiger partial charge in [0.1, 0.15) is 5.82 Å². The third-order valence-corrected chi connectivity index (χ3v) is 4.94. The molecule has 0 saturated heterocycles. The maximum Gasteiger partial charge on any atom is 0.312 e. The Balaban J connectivity index is 2.08. The Morgan fingerprint density at radius 2 is 1.91 bits per heavy atom. The molecule has 0 fully saturated rings. The van der Waals surface area contributed by atoms with Crippen LogP contribution in [-0.2, 0) is 15.0 Å². The second kappa shape index (κ2) is 6.91. The molecule has 0 bridgehead atoms. The zero-order valence-electron chi connectivity index (χ0n) is 12.9. The third-order valence-electron chi connectivity index (χ3n) is 3.74. The highest BCUT2D eigenvalue weighted by atomic mass is 32.1. The van der Waals surface area contributed by atoms with Crippen molar-refractivity contribution < 1.29 is 19.1 Å². The summed E-state index contributed by atoms with van der Waals surface area (Å²) in [5.41, 5.74) is -0.284. The first-order valence-corrected chi connectivity index (χ1v) is 8.01. The molecule has 2 aromatic rings. The number of amides is 1. The van der Waals surface area contributed by atoms with E-state index < -0.39 is 23.1 Å². The molecule has 1 amide bonds. The van der Waals surface area contributed by atoms with E-state index in [0.29, 0.717) is 5.56 Å². The Morgan fingerprint density at radius 3 is 2.43 bits per heavy atom. The number of benzene rings is 1. The molecular formula is C17H18FNO3S. The van der Waals surface area contributed by atoms with Gasteiger partial charge in [-0.1, -0.05) is 18.2 Å². The Morgan fingerprint density at radius 1 is 1.26 bits per heavy atom. The number of thiophene rings is 1. The maximum atomic E-state index is 13.0. The fourth-order valence-electron chi connectivity index (χ4n) is 2.20. The molecule has 0 aliphatic carbocycles. The van der Waals surface area contributed by atoms with E-state index in [1.54, 1.807) is 13.8 Å². The van der Waals surface area contributed by atoms with Crippen LogP contribution in [0.25, 0.3) is 0 Å². The van der Waals surface area contributed by atoms with Gasteiger partial charge in [-0.3, -0.25) is 9.59 Å². The van der Waals surface area contributed by atoms with Crippen molar-refractivity contribution >= 4 is 23.2 Å². The Hall–Kier alpha value is -2.21. The number of nitrogens with one attached hydrogen (secondary N) is 1. The van der Waals surface area contributed by atoms with Gasteiger partial charge in [0.05, 0.1) is 11.3 Å². The average molecular weight is 335 g/mol. The molecule has 4 nitrogen and oxygen atoms in total. The molecule has 122 valence electrons. The van der Waals surface area contributed by atoms with Crippen molar-refractivity contribution in [2.45, 2.75) is 25.2 Å². The minimum atomic E-state index is -1.06. The van der Waals surface area contributed by atoms with Crippen molar-refractivity contribution in [3.8, 4) is 0 Å². The summed E-state index contributed by atoms with van der Waals surface area (Å²) in [4.78, 5) is 24.8. The first-order valence-electron chi connectivity index (χ1n) is 7.13. The highest BCUT2D eigenvalue weighted by Gasteiger charge is 2.32. The van der Waals surface area contributed by atoms with Gasteiger partial charge in [-0.25, -0.2) is 4.39 Å². The van der Waals surface area contributed by atoms with Crippen molar-refractivity contribution in [2.75, 3.05) is 6.54 Å². The molecule has 0 spiro atoms. The Labute approximate surface area is 138 Å². The van der Waals surface area contributed by atoms with Gasteiger partial charge in [0.25, 0.3) is 0 Å². The second-order valence-electron chi connectivity index (χ2n) is 5.75. The van der Waals surface area contributed by atoms with Crippen molar-refractivity contribution in [2.24, 2.45) is 0 Å².